The Balaban J connectivity index is 1.42. The van der Waals surface area contributed by atoms with Crippen LogP contribution in [0, 0.1) is 6.92 Å². The monoisotopic (exact) mass is 494 g/mol. The smallest absolute Gasteiger partial charge is 0.266 e. The second kappa shape index (κ2) is 11.3. The number of aromatic nitrogens is 2. The van der Waals surface area contributed by atoms with Crippen molar-refractivity contribution in [3.8, 4) is 0 Å². The lowest BCUT2D eigenvalue weighted by molar-refractivity contribution is -0.683. The normalized spacial score (nSPS) is 11.9. The maximum atomic E-state index is 12.5. The molecule has 1 heterocycles. The van der Waals surface area contributed by atoms with Crippen molar-refractivity contribution in [2.75, 3.05) is 5.32 Å². The van der Waals surface area contributed by atoms with E-state index in [2.05, 4.69) is 5.32 Å². The summed E-state index contributed by atoms with van der Waals surface area (Å²) in [5, 5.41) is 4.34. The Bertz CT molecular complexity index is 1240. The number of hydrogen-bond acceptors (Lipinski definition) is 2. The Labute approximate surface area is 209 Å². The van der Waals surface area contributed by atoms with Crippen molar-refractivity contribution in [2.45, 2.75) is 32.7 Å². The topological polar surface area (TPSA) is 47.1 Å². The highest BCUT2D eigenvalue weighted by Gasteiger charge is 2.18. The summed E-state index contributed by atoms with van der Waals surface area (Å²) in [5.41, 5.74) is 3.92. The van der Waals surface area contributed by atoms with Crippen LogP contribution >= 0.6 is 23.2 Å². The minimum atomic E-state index is -0.199. The fraction of sp³-hybridized carbons (Fsp3) is 0.185. The van der Waals surface area contributed by atoms with E-state index in [1.165, 1.54) is 0 Å². The summed E-state index contributed by atoms with van der Waals surface area (Å²) in [6, 6.07) is 23.0. The number of amides is 1. The van der Waals surface area contributed by atoms with Crippen molar-refractivity contribution in [3.63, 3.8) is 0 Å². The molecule has 4 aromatic rings. The number of imidazole rings is 1. The van der Waals surface area contributed by atoms with E-state index in [0.29, 0.717) is 23.2 Å². The average molecular weight is 495 g/mol. The first-order valence-electron chi connectivity index (χ1n) is 11.0. The van der Waals surface area contributed by atoms with Crippen molar-refractivity contribution in [3.05, 3.63) is 118 Å². The van der Waals surface area contributed by atoms with Crippen LogP contribution in [-0.4, -0.2) is 10.5 Å². The summed E-state index contributed by atoms with van der Waals surface area (Å²) in [4.78, 5) is 12.5. The number of nitrogens with one attached hydrogen (secondary N) is 1. The van der Waals surface area contributed by atoms with Gasteiger partial charge in [0.25, 0.3) is 5.91 Å². The molecule has 4 rings (SSSR count). The molecule has 174 valence electrons. The van der Waals surface area contributed by atoms with Gasteiger partial charge >= 0.3 is 0 Å². The van der Waals surface area contributed by atoms with Crippen LogP contribution in [-0.2, 0) is 29.2 Å². The minimum absolute atomic E-state index is 0.0784. The van der Waals surface area contributed by atoms with Gasteiger partial charge in [-0.1, -0.05) is 65.7 Å². The Hall–Kier alpha value is -3.12. The number of carbonyl (C=O) groups excluding carboxylic acids is 1. The molecular weight excluding hydrogens is 469 g/mol. The molecule has 1 amide bonds. The van der Waals surface area contributed by atoms with Crippen molar-refractivity contribution in [2.24, 2.45) is 0 Å². The van der Waals surface area contributed by atoms with Gasteiger partial charge in [-0.05, 0) is 53.9 Å². The molecule has 0 spiro atoms. The predicted octanol–water partition coefficient (Wildman–Crippen LogP) is 5.99. The standard InChI is InChI=1S/C27H25Cl2N3O2/c1-20-4-2-3-5-25(20)30-27(33)17-32-15-14-31(19-32)16-26(22-8-12-24(29)13-9-22)34-18-21-6-10-23(28)11-7-21/h2-15,19,26H,16-18H2,1H3/p+1. The number of carbonyl (C=O) groups is 1. The number of hydrogen-bond donors (Lipinski definition) is 1. The minimum Gasteiger partial charge on any atom is -0.365 e. The van der Waals surface area contributed by atoms with Crippen LogP contribution in [0.5, 0.6) is 0 Å². The average Bonchev–Trinajstić information content (AvgIpc) is 3.26. The van der Waals surface area contributed by atoms with Crippen LogP contribution in [0.3, 0.4) is 0 Å². The summed E-state index contributed by atoms with van der Waals surface area (Å²) in [6.07, 6.45) is 5.53. The van der Waals surface area contributed by atoms with E-state index in [1.54, 1.807) is 0 Å². The maximum Gasteiger partial charge on any atom is 0.266 e. The first-order chi connectivity index (χ1) is 16.5. The summed E-state index contributed by atoms with van der Waals surface area (Å²) in [6.45, 7) is 3.23. The van der Waals surface area contributed by atoms with Crippen LogP contribution in [0.1, 0.15) is 22.8 Å². The predicted molar refractivity (Wildman–Crippen MR) is 135 cm³/mol. The van der Waals surface area contributed by atoms with Gasteiger partial charge < -0.3 is 10.1 Å². The molecule has 0 aliphatic carbocycles. The second-order valence-corrected chi connectivity index (χ2v) is 9.00. The highest BCUT2D eigenvalue weighted by atomic mass is 35.5. The van der Waals surface area contributed by atoms with Crippen LogP contribution in [0.4, 0.5) is 5.69 Å². The van der Waals surface area contributed by atoms with Gasteiger partial charge in [0.2, 0.25) is 6.33 Å². The van der Waals surface area contributed by atoms with Gasteiger partial charge in [-0.15, -0.1) is 0 Å². The van der Waals surface area contributed by atoms with Gasteiger partial charge in [0.15, 0.2) is 6.54 Å². The van der Waals surface area contributed by atoms with Crippen molar-refractivity contribution < 1.29 is 14.1 Å². The molecule has 0 fully saturated rings. The molecule has 0 saturated carbocycles. The summed E-state index contributed by atoms with van der Waals surface area (Å²) in [7, 11) is 0. The number of anilines is 1. The molecule has 0 aliphatic heterocycles. The molecule has 0 saturated heterocycles. The first kappa shape index (κ1) is 24.0. The summed E-state index contributed by atoms with van der Waals surface area (Å²) < 4.78 is 10.2. The third-order valence-corrected chi connectivity index (χ3v) is 5.98. The Morgan fingerprint density at radius 2 is 1.68 bits per heavy atom. The van der Waals surface area contributed by atoms with E-state index in [9.17, 15) is 4.79 Å². The number of halogens is 2. The lowest BCUT2D eigenvalue weighted by Crippen LogP contribution is -2.38. The number of benzene rings is 3. The van der Waals surface area contributed by atoms with Gasteiger partial charge in [-0.2, -0.15) is 0 Å². The molecule has 0 radical (unpaired) electrons. The van der Waals surface area contributed by atoms with Crippen molar-refractivity contribution in [1.82, 2.24) is 4.57 Å². The number of aryl methyl sites for hydroxylation is 1. The third-order valence-electron chi connectivity index (χ3n) is 5.47. The zero-order chi connectivity index (χ0) is 23.9. The van der Waals surface area contributed by atoms with E-state index in [4.69, 9.17) is 27.9 Å². The Kier molecular flexibility index (Phi) is 8.01. The van der Waals surface area contributed by atoms with Crippen molar-refractivity contribution >= 4 is 34.8 Å². The molecule has 1 atom stereocenters. The molecule has 5 nitrogen and oxygen atoms in total. The Morgan fingerprint density at radius 1 is 1.00 bits per heavy atom. The molecule has 0 bridgehead atoms. The molecule has 1 aromatic heterocycles. The lowest BCUT2D eigenvalue weighted by atomic mass is 10.1. The largest absolute Gasteiger partial charge is 0.365 e. The SMILES string of the molecule is Cc1ccccc1NC(=O)C[n+]1ccn(CC(OCc2ccc(Cl)cc2)c2ccc(Cl)cc2)c1. The second-order valence-electron chi connectivity index (χ2n) is 8.12. The molecule has 0 aliphatic rings. The van der Waals surface area contributed by atoms with Crippen LogP contribution < -0.4 is 9.88 Å². The van der Waals surface area contributed by atoms with Crippen LogP contribution in [0.2, 0.25) is 10.0 Å². The number of nitrogens with zero attached hydrogens (tertiary/aromatic N) is 2. The molecule has 1 unspecified atom stereocenters. The van der Waals surface area contributed by atoms with E-state index in [1.807, 2.05) is 108 Å². The number of rotatable bonds is 9. The molecule has 34 heavy (non-hydrogen) atoms. The lowest BCUT2D eigenvalue weighted by Gasteiger charge is -2.17. The van der Waals surface area contributed by atoms with Gasteiger partial charge in [0.05, 0.1) is 6.61 Å². The fourth-order valence-electron chi connectivity index (χ4n) is 3.61. The summed E-state index contributed by atoms with van der Waals surface area (Å²) >= 11 is 12.1. The van der Waals surface area contributed by atoms with E-state index < -0.39 is 0 Å². The molecule has 1 N–H and O–H groups in total. The zero-order valence-corrected chi connectivity index (χ0v) is 20.3. The zero-order valence-electron chi connectivity index (χ0n) is 18.8. The highest BCUT2D eigenvalue weighted by molar-refractivity contribution is 6.30. The maximum absolute atomic E-state index is 12.5. The molecule has 7 heteroatoms. The molecular formula is C27H26Cl2N3O2+. The number of para-hydroxylation sites is 1. The van der Waals surface area contributed by atoms with E-state index in [-0.39, 0.29) is 18.6 Å². The van der Waals surface area contributed by atoms with Gasteiger partial charge in [-0.25, -0.2) is 9.13 Å². The van der Waals surface area contributed by atoms with E-state index >= 15 is 0 Å². The van der Waals surface area contributed by atoms with Crippen molar-refractivity contribution in [1.29, 1.82) is 0 Å². The number of ether oxygens (including phenoxy) is 1. The Morgan fingerprint density at radius 3 is 2.38 bits per heavy atom. The first-order valence-corrected chi connectivity index (χ1v) is 11.7. The van der Waals surface area contributed by atoms with Crippen LogP contribution in [0.25, 0.3) is 0 Å². The van der Waals surface area contributed by atoms with Gasteiger partial charge in [0, 0.05) is 15.7 Å². The highest BCUT2D eigenvalue weighted by Crippen LogP contribution is 2.23. The van der Waals surface area contributed by atoms with Gasteiger partial charge in [0.1, 0.15) is 25.0 Å². The summed E-state index contributed by atoms with van der Waals surface area (Å²) in [5.74, 6) is -0.0784. The molecule has 3 aromatic carbocycles. The quantitative estimate of drug-likeness (QED) is 0.290. The van der Waals surface area contributed by atoms with Gasteiger partial charge in [-0.3, -0.25) is 4.79 Å². The third kappa shape index (κ3) is 6.70. The fourth-order valence-corrected chi connectivity index (χ4v) is 3.86. The van der Waals surface area contributed by atoms with Crippen LogP contribution in [0.15, 0.2) is 91.5 Å². The van der Waals surface area contributed by atoms with E-state index in [0.717, 1.165) is 22.4 Å².